The molecule has 1 saturated heterocycles. The molecule has 0 spiro atoms. The SMILES string of the molecule is CN1CCC(C(=O)NCc2cccc(C(F)(F)F)n2)S1(=O)=O. The number of rotatable bonds is 3. The van der Waals surface area contributed by atoms with Gasteiger partial charge in [0, 0.05) is 13.6 Å². The van der Waals surface area contributed by atoms with Gasteiger partial charge in [-0.2, -0.15) is 13.2 Å². The zero-order valence-corrected chi connectivity index (χ0v) is 12.4. The van der Waals surface area contributed by atoms with E-state index in [2.05, 4.69) is 10.3 Å². The zero-order chi connectivity index (χ0) is 16.5. The molecule has 0 saturated carbocycles. The van der Waals surface area contributed by atoms with Crippen LogP contribution < -0.4 is 5.32 Å². The maximum Gasteiger partial charge on any atom is 0.433 e. The quantitative estimate of drug-likeness (QED) is 0.883. The Morgan fingerprint density at radius 2 is 2.14 bits per heavy atom. The van der Waals surface area contributed by atoms with Gasteiger partial charge in [0.05, 0.1) is 12.2 Å². The Kier molecular flexibility index (Phi) is 4.43. The summed E-state index contributed by atoms with van der Waals surface area (Å²) in [5, 5.41) is 1.12. The lowest BCUT2D eigenvalue weighted by molar-refractivity contribution is -0.141. The van der Waals surface area contributed by atoms with Gasteiger partial charge < -0.3 is 5.32 Å². The Morgan fingerprint density at radius 3 is 2.68 bits per heavy atom. The van der Waals surface area contributed by atoms with E-state index >= 15 is 0 Å². The number of aromatic nitrogens is 1. The van der Waals surface area contributed by atoms with Crippen LogP contribution in [0.15, 0.2) is 18.2 Å². The summed E-state index contributed by atoms with van der Waals surface area (Å²) >= 11 is 0. The molecule has 1 aromatic rings. The predicted molar refractivity (Wildman–Crippen MR) is 71.0 cm³/mol. The maximum atomic E-state index is 12.5. The summed E-state index contributed by atoms with van der Waals surface area (Å²) in [5.74, 6) is -0.733. The summed E-state index contributed by atoms with van der Waals surface area (Å²) in [6, 6.07) is 3.32. The van der Waals surface area contributed by atoms with Gasteiger partial charge in [-0.3, -0.25) is 4.79 Å². The molecule has 0 aromatic carbocycles. The minimum atomic E-state index is -4.57. The van der Waals surface area contributed by atoms with Crippen LogP contribution >= 0.6 is 0 Å². The number of hydrogen-bond acceptors (Lipinski definition) is 4. The minimum absolute atomic E-state index is 0.00641. The van der Waals surface area contributed by atoms with Gasteiger partial charge in [-0.15, -0.1) is 0 Å². The molecule has 1 N–H and O–H groups in total. The zero-order valence-electron chi connectivity index (χ0n) is 11.6. The smallest absolute Gasteiger partial charge is 0.349 e. The van der Waals surface area contributed by atoms with E-state index in [4.69, 9.17) is 0 Å². The molecule has 1 atom stereocenters. The van der Waals surface area contributed by atoms with Crippen molar-refractivity contribution in [1.82, 2.24) is 14.6 Å². The number of pyridine rings is 1. The van der Waals surface area contributed by atoms with E-state index in [-0.39, 0.29) is 25.2 Å². The fourth-order valence-corrected chi connectivity index (χ4v) is 3.64. The minimum Gasteiger partial charge on any atom is -0.349 e. The second kappa shape index (κ2) is 5.84. The third-order valence-electron chi connectivity index (χ3n) is 3.33. The molecular weight excluding hydrogens is 323 g/mol. The second-order valence-electron chi connectivity index (χ2n) is 4.87. The number of carbonyl (C=O) groups excluding carboxylic acids is 1. The second-order valence-corrected chi connectivity index (χ2v) is 7.10. The number of hydrogen-bond donors (Lipinski definition) is 1. The molecule has 1 aromatic heterocycles. The molecule has 10 heteroatoms. The lowest BCUT2D eigenvalue weighted by Crippen LogP contribution is -2.39. The summed E-state index contributed by atoms with van der Waals surface area (Å²) < 4.78 is 62.3. The third kappa shape index (κ3) is 3.38. The Hall–Kier alpha value is -1.68. The van der Waals surface area contributed by atoms with Crippen molar-refractivity contribution in [2.75, 3.05) is 13.6 Å². The molecule has 22 heavy (non-hydrogen) atoms. The van der Waals surface area contributed by atoms with Crippen molar-refractivity contribution < 1.29 is 26.4 Å². The highest BCUT2D eigenvalue weighted by Gasteiger charge is 2.41. The number of carbonyl (C=O) groups is 1. The van der Waals surface area contributed by atoms with Crippen molar-refractivity contribution in [2.45, 2.75) is 24.4 Å². The van der Waals surface area contributed by atoms with Gasteiger partial charge >= 0.3 is 6.18 Å². The average molecular weight is 337 g/mol. The van der Waals surface area contributed by atoms with Gasteiger partial charge in [0.2, 0.25) is 15.9 Å². The number of amides is 1. The first-order valence-electron chi connectivity index (χ1n) is 6.38. The summed E-state index contributed by atoms with van der Waals surface area (Å²) in [6.07, 6.45) is -4.42. The Morgan fingerprint density at radius 1 is 1.45 bits per heavy atom. The van der Waals surface area contributed by atoms with E-state index in [1.807, 2.05) is 0 Å². The number of nitrogens with zero attached hydrogens (tertiary/aromatic N) is 2. The Balaban J connectivity index is 2.03. The number of halogens is 3. The first kappa shape index (κ1) is 16.7. The molecule has 0 bridgehead atoms. The van der Waals surface area contributed by atoms with Crippen LogP contribution in [0.5, 0.6) is 0 Å². The number of nitrogens with one attached hydrogen (secondary N) is 1. The fraction of sp³-hybridized carbons (Fsp3) is 0.500. The largest absolute Gasteiger partial charge is 0.433 e. The van der Waals surface area contributed by atoms with Crippen molar-refractivity contribution in [3.05, 3.63) is 29.6 Å². The van der Waals surface area contributed by atoms with Crippen molar-refractivity contribution in [3.8, 4) is 0 Å². The molecule has 0 aliphatic carbocycles. The van der Waals surface area contributed by atoms with Gasteiger partial charge in [0.1, 0.15) is 5.69 Å². The lowest BCUT2D eigenvalue weighted by atomic mass is 10.2. The summed E-state index contributed by atoms with van der Waals surface area (Å²) in [5.41, 5.74) is -1.06. The highest BCUT2D eigenvalue weighted by Crippen LogP contribution is 2.27. The van der Waals surface area contributed by atoms with Crippen LogP contribution in [0.1, 0.15) is 17.8 Å². The lowest BCUT2D eigenvalue weighted by Gasteiger charge is -2.13. The first-order chi connectivity index (χ1) is 10.1. The number of sulfonamides is 1. The van der Waals surface area contributed by atoms with Crippen LogP contribution in [0.2, 0.25) is 0 Å². The van der Waals surface area contributed by atoms with E-state index in [0.717, 1.165) is 10.4 Å². The van der Waals surface area contributed by atoms with E-state index in [0.29, 0.717) is 0 Å². The fourth-order valence-electron chi connectivity index (χ4n) is 2.09. The molecule has 0 radical (unpaired) electrons. The topological polar surface area (TPSA) is 79.4 Å². The summed E-state index contributed by atoms with van der Waals surface area (Å²) in [4.78, 5) is 15.3. The van der Waals surface area contributed by atoms with Crippen molar-refractivity contribution in [2.24, 2.45) is 0 Å². The van der Waals surface area contributed by atoms with Gasteiger partial charge in [-0.1, -0.05) is 6.07 Å². The van der Waals surface area contributed by atoms with Crippen molar-refractivity contribution in [3.63, 3.8) is 0 Å². The number of alkyl halides is 3. The normalized spacial score (nSPS) is 21.7. The van der Waals surface area contributed by atoms with Gasteiger partial charge in [-0.05, 0) is 18.6 Å². The first-order valence-corrected chi connectivity index (χ1v) is 7.88. The monoisotopic (exact) mass is 337 g/mol. The van der Waals surface area contributed by atoms with E-state index in [1.54, 1.807) is 0 Å². The molecule has 6 nitrogen and oxygen atoms in total. The molecule has 1 fully saturated rings. The standard InChI is InChI=1S/C12H14F3N3O3S/c1-18-6-5-9(22(18,20)21)11(19)16-7-8-3-2-4-10(17-8)12(13,14)15/h2-4,9H,5-7H2,1H3,(H,16,19). The molecule has 2 heterocycles. The summed E-state index contributed by atoms with van der Waals surface area (Å²) in [6.45, 7) is -0.0271. The molecule has 1 amide bonds. The maximum absolute atomic E-state index is 12.5. The Bertz CT molecular complexity index is 676. The highest BCUT2D eigenvalue weighted by molar-refractivity contribution is 7.90. The van der Waals surface area contributed by atoms with Crippen LogP contribution in [0, 0.1) is 0 Å². The summed E-state index contributed by atoms with van der Waals surface area (Å²) in [7, 11) is -2.31. The van der Waals surface area contributed by atoms with Gasteiger partial charge in [0.15, 0.2) is 5.25 Å². The van der Waals surface area contributed by atoms with Crippen LogP contribution in [0.4, 0.5) is 13.2 Å². The van der Waals surface area contributed by atoms with Gasteiger partial charge in [-0.25, -0.2) is 17.7 Å². The van der Waals surface area contributed by atoms with E-state index < -0.39 is 33.1 Å². The molecule has 1 unspecified atom stereocenters. The van der Waals surface area contributed by atoms with Crippen LogP contribution in [-0.4, -0.2) is 42.5 Å². The van der Waals surface area contributed by atoms with Gasteiger partial charge in [0.25, 0.3) is 0 Å². The Labute approximate surface area is 125 Å². The molecule has 2 rings (SSSR count). The molecular formula is C12H14F3N3O3S. The molecule has 1 aliphatic heterocycles. The molecule has 122 valence electrons. The van der Waals surface area contributed by atoms with Crippen LogP contribution in [0.3, 0.4) is 0 Å². The van der Waals surface area contributed by atoms with Crippen molar-refractivity contribution >= 4 is 15.9 Å². The van der Waals surface area contributed by atoms with Crippen LogP contribution in [-0.2, 0) is 27.5 Å². The van der Waals surface area contributed by atoms with Crippen LogP contribution in [0.25, 0.3) is 0 Å². The van der Waals surface area contributed by atoms with E-state index in [9.17, 15) is 26.4 Å². The van der Waals surface area contributed by atoms with Crippen molar-refractivity contribution in [1.29, 1.82) is 0 Å². The van der Waals surface area contributed by atoms with E-state index in [1.165, 1.54) is 19.2 Å². The molecule has 1 aliphatic rings. The highest BCUT2D eigenvalue weighted by atomic mass is 32.2. The average Bonchev–Trinajstić information content (AvgIpc) is 2.70. The predicted octanol–water partition coefficient (Wildman–Crippen LogP) is 0.750. The third-order valence-corrected chi connectivity index (χ3v) is 5.55.